The van der Waals surface area contributed by atoms with E-state index in [1.54, 1.807) is 0 Å². The van der Waals surface area contributed by atoms with Crippen molar-refractivity contribution in [2.24, 2.45) is 34.5 Å². The van der Waals surface area contributed by atoms with Crippen LogP contribution in [0.4, 0.5) is 0 Å². The van der Waals surface area contributed by atoms with Crippen LogP contribution in [0.3, 0.4) is 0 Å². The number of Topliss-reactive ketones (excluding diaryl/α,β-unsaturated/α-hetero) is 1. The number of amides is 2. The van der Waals surface area contributed by atoms with Crippen molar-refractivity contribution >= 4 is 39.6 Å². The van der Waals surface area contributed by atoms with E-state index < -0.39 is 16.1 Å². The van der Waals surface area contributed by atoms with Crippen molar-refractivity contribution in [1.82, 2.24) is 9.62 Å². The summed E-state index contributed by atoms with van der Waals surface area (Å²) < 4.78 is 24.9. The van der Waals surface area contributed by atoms with Crippen LogP contribution < -0.4 is 15.6 Å². The Bertz CT molecular complexity index is 887. The van der Waals surface area contributed by atoms with Gasteiger partial charge in [-0.1, -0.05) is 13.8 Å². The second-order valence-corrected chi connectivity index (χ2v) is 11.2. The molecule has 1 unspecified atom stereocenters. The zero-order valence-corrected chi connectivity index (χ0v) is 19.1. The second-order valence-electron chi connectivity index (χ2n) is 8.82. The number of fused-ring (bicyclic) bond motifs is 1. The predicted molar refractivity (Wildman–Crippen MR) is 114 cm³/mol. The fraction of sp³-hybridized carbons (Fsp3) is 0.737. The molecular weight excluding hydrogens is 428 g/mol. The summed E-state index contributed by atoms with van der Waals surface area (Å²) in [4.78, 5) is 38.8. The van der Waals surface area contributed by atoms with E-state index in [0.29, 0.717) is 18.6 Å². The van der Waals surface area contributed by atoms with Crippen LogP contribution in [0, 0.1) is 23.7 Å². The quantitative estimate of drug-likeness (QED) is 0.427. The number of hydrogen-bond acceptors (Lipinski definition) is 6. The second kappa shape index (κ2) is 8.60. The number of primary amides is 1. The van der Waals surface area contributed by atoms with Crippen LogP contribution in [-0.4, -0.2) is 48.8 Å². The van der Waals surface area contributed by atoms with E-state index in [0.717, 1.165) is 17.7 Å². The molecule has 0 radical (unpaired) electrons. The van der Waals surface area contributed by atoms with E-state index in [9.17, 15) is 22.8 Å². The molecule has 0 aromatic rings. The Morgan fingerprint density at radius 3 is 2.57 bits per heavy atom. The van der Waals surface area contributed by atoms with E-state index in [2.05, 4.69) is 4.72 Å². The first-order chi connectivity index (χ1) is 13.9. The van der Waals surface area contributed by atoms with Crippen LogP contribution in [0.5, 0.6) is 0 Å². The molecule has 1 aliphatic carbocycles. The lowest BCUT2D eigenvalue weighted by Gasteiger charge is -2.47. The summed E-state index contributed by atoms with van der Waals surface area (Å²) in [6, 6.07) is -0.313. The molecule has 0 spiro atoms. The molecule has 0 aromatic carbocycles. The Labute approximate surface area is 181 Å². The van der Waals surface area contributed by atoms with Gasteiger partial charge in [0.05, 0.1) is 12.0 Å². The van der Waals surface area contributed by atoms with Gasteiger partial charge in [-0.15, -0.1) is 11.8 Å². The molecule has 168 valence electrons. The Balaban J connectivity index is 1.68. The standard InChI is InChI=1S/C19H30N4O5S2/c1-9(6-10(2)24)14-15-11(3)17(16(18(20)25)23(15)19(14)26)29-8-12-4-5-13(7-12)22-30(21,27)28/h9,11-15,22H,4-8H2,1-3H3,(H2,20,25)(H2,21,27,28)/t9-,11+,12-,13?,14+,15+/m0/s1. The number of nitrogens with zero attached hydrogens (tertiary/aromatic N) is 1. The average Bonchev–Trinajstić information content (AvgIpc) is 3.11. The van der Waals surface area contributed by atoms with Crippen LogP contribution >= 0.6 is 11.8 Å². The number of carbonyl (C=O) groups is 3. The van der Waals surface area contributed by atoms with Gasteiger partial charge in [-0.3, -0.25) is 9.59 Å². The number of nitrogens with one attached hydrogen (secondary N) is 1. The highest BCUT2D eigenvalue weighted by molar-refractivity contribution is 8.03. The number of β-lactam (4-membered cyclic amide) rings is 1. The van der Waals surface area contributed by atoms with Crippen molar-refractivity contribution in [3.63, 3.8) is 0 Å². The Morgan fingerprint density at radius 1 is 1.33 bits per heavy atom. The van der Waals surface area contributed by atoms with Crippen molar-refractivity contribution in [2.75, 3.05) is 5.75 Å². The SMILES string of the molecule is CC(=O)C[C@H](C)[C@H]1C(=O)N2C(C(N)=O)=C(SC[C@H]3CCC(NS(N)(=O)=O)C3)[C@H](C)[C@H]12. The van der Waals surface area contributed by atoms with Crippen molar-refractivity contribution in [3.05, 3.63) is 10.6 Å². The lowest BCUT2D eigenvalue weighted by Crippen LogP contribution is -2.62. The summed E-state index contributed by atoms with van der Waals surface area (Å²) in [5.41, 5.74) is 5.91. The van der Waals surface area contributed by atoms with Crippen molar-refractivity contribution in [2.45, 2.75) is 58.5 Å². The maximum absolute atomic E-state index is 12.8. The van der Waals surface area contributed by atoms with Gasteiger partial charge in [0.15, 0.2) is 0 Å². The molecule has 5 N–H and O–H groups in total. The number of thioether (sulfide) groups is 1. The topological polar surface area (TPSA) is 153 Å². The maximum Gasteiger partial charge on any atom is 0.274 e. The highest BCUT2D eigenvalue weighted by atomic mass is 32.2. The van der Waals surface area contributed by atoms with Gasteiger partial charge in [-0.2, -0.15) is 13.1 Å². The maximum atomic E-state index is 12.8. The molecule has 0 bridgehead atoms. The summed E-state index contributed by atoms with van der Waals surface area (Å²) >= 11 is 1.53. The minimum atomic E-state index is -3.72. The van der Waals surface area contributed by atoms with Gasteiger partial charge in [0, 0.05) is 29.0 Å². The zero-order chi connectivity index (χ0) is 22.4. The number of ketones is 1. The Hall–Kier alpha value is -1.43. The van der Waals surface area contributed by atoms with Gasteiger partial charge in [0.25, 0.3) is 16.1 Å². The molecule has 3 aliphatic rings. The lowest BCUT2D eigenvalue weighted by atomic mass is 9.73. The molecule has 2 aliphatic heterocycles. The van der Waals surface area contributed by atoms with Crippen LogP contribution in [0.1, 0.15) is 46.5 Å². The molecule has 2 fully saturated rings. The number of hydrogen-bond donors (Lipinski definition) is 3. The fourth-order valence-corrected chi connectivity index (χ4v) is 7.32. The molecule has 2 amide bonds. The third-order valence-corrected chi connectivity index (χ3v) is 8.57. The zero-order valence-electron chi connectivity index (χ0n) is 17.5. The van der Waals surface area contributed by atoms with Gasteiger partial charge >= 0.3 is 0 Å². The van der Waals surface area contributed by atoms with E-state index in [4.69, 9.17) is 10.9 Å². The molecule has 6 atom stereocenters. The first-order valence-corrected chi connectivity index (χ1v) is 12.7. The van der Waals surface area contributed by atoms with Crippen molar-refractivity contribution < 1.29 is 22.8 Å². The Kier molecular flexibility index (Phi) is 6.66. The van der Waals surface area contributed by atoms with Crippen molar-refractivity contribution in [1.29, 1.82) is 0 Å². The molecule has 11 heteroatoms. The molecule has 3 rings (SSSR count). The number of nitrogens with two attached hydrogens (primary N) is 2. The monoisotopic (exact) mass is 458 g/mol. The summed E-state index contributed by atoms with van der Waals surface area (Å²) in [7, 11) is -3.72. The molecule has 1 saturated carbocycles. The number of rotatable bonds is 9. The number of carbonyl (C=O) groups excluding carboxylic acids is 3. The van der Waals surface area contributed by atoms with Gasteiger partial charge in [-0.25, -0.2) is 5.14 Å². The summed E-state index contributed by atoms with van der Waals surface area (Å²) in [6.07, 6.45) is 2.60. The predicted octanol–water partition coefficient (Wildman–Crippen LogP) is 0.470. The van der Waals surface area contributed by atoms with Crippen LogP contribution in [0.25, 0.3) is 0 Å². The van der Waals surface area contributed by atoms with Gasteiger partial charge < -0.3 is 15.4 Å². The smallest absolute Gasteiger partial charge is 0.274 e. The van der Waals surface area contributed by atoms with Crippen molar-refractivity contribution in [3.8, 4) is 0 Å². The fourth-order valence-electron chi connectivity index (χ4n) is 5.19. The summed E-state index contributed by atoms with van der Waals surface area (Å²) in [5, 5.41) is 5.06. The third-order valence-electron chi connectivity index (χ3n) is 6.39. The van der Waals surface area contributed by atoms with E-state index in [1.807, 2.05) is 13.8 Å². The Morgan fingerprint density at radius 2 is 2.00 bits per heavy atom. The van der Waals surface area contributed by atoms with E-state index in [-0.39, 0.29) is 53.1 Å². The molecule has 2 heterocycles. The highest BCUT2D eigenvalue weighted by Crippen LogP contribution is 2.52. The molecule has 0 aromatic heterocycles. The van der Waals surface area contributed by atoms with Crippen LogP contribution in [0.2, 0.25) is 0 Å². The minimum Gasteiger partial charge on any atom is -0.364 e. The lowest BCUT2D eigenvalue weighted by molar-refractivity contribution is -0.157. The average molecular weight is 459 g/mol. The summed E-state index contributed by atoms with van der Waals surface area (Å²) in [5.74, 6) is -0.124. The first-order valence-electron chi connectivity index (χ1n) is 10.2. The van der Waals surface area contributed by atoms with Crippen LogP contribution in [0.15, 0.2) is 10.6 Å². The van der Waals surface area contributed by atoms with E-state index >= 15 is 0 Å². The largest absolute Gasteiger partial charge is 0.364 e. The molecule has 1 saturated heterocycles. The first kappa shape index (κ1) is 23.2. The van der Waals surface area contributed by atoms with E-state index in [1.165, 1.54) is 23.6 Å². The summed E-state index contributed by atoms with van der Waals surface area (Å²) in [6.45, 7) is 5.42. The van der Waals surface area contributed by atoms with Crippen LogP contribution in [-0.2, 0) is 24.6 Å². The molecule has 30 heavy (non-hydrogen) atoms. The normalized spacial score (nSPS) is 32.2. The van der Waals surface area contributed by atoms with Gasteiger partial charge in [0.2, 0.25) is 5.91 Å². The molecular formula is C19H30N4O5S2. The van der Waals surface area contributed by atoms with Gasteiger partial charge in [-0.05, 0) is 38.0 Å². The molecule has 9 nitrogen and oxygen atoms in total. The minimum absolute atomic E-state index is 0.0330. The highest BCUT2D eigenvalue weighted by Gasteiger charge is 2.59. The third kappa shape index (κ3) is 4.58. The van der Waals surface area contributed by atoms with Gasteiger partial charge in [0.1, 0.15) is 11.5 Å².